The lowest BCUT2D eigenvalue weighted by atomic mass is 10.1. The van der Waals surface area contributed by atoms with Crippen LogP contribution in [-0.2, 0) is 17.0 Å². The molecule has 0 fully saturated rings. The lowest BCUT2D eigenvalue weighted by Gasteiger charge is -2.09. The van der Waals surface area contributed by atoms with Crippen LogP contribution in [0, 0.1) is 13.8 Å². The van der Waals surface area contributed by atoms with Crippen molar-refractivity contribution in [1.29, 1.82) is 0 Å². The van der Waals surface area contributed by atoms with E-state index in [-0.39, 0.29) is 6.42 Å². The third-order valence-electron chi connectivity index (χ3n) is 2.99. The fraction of sp³-hybridized carbons (Fsp3) is 0.267. The predicted molar refractivity (Wildman–Crippen MR) is 83.9 cm³/mol. The largest absolute Gasteiger partial charge is 0.481 e. The Kier molecular flexibility index (Phi) is 5.20. The minimum absolute atomic E-state index is 0.0460. The number of nitrogens with zero attached hydrogens (tertiary/aromatic N) is 2. The highest BCUT2D eigenvalue weighted by atomic mass is 35.5. The molecule has 0 amide bonds. The van der Waals surface area contributed by atoms with Crippen molar-refractivity contribution < 1.29 is 9.90 Å². The molecule has 0 unspecified atom stereocenters. The summed E-state index contributed by atoms with van der Waals surface area (Å²) in [7, 11) is 0. The Balaban J connectivity index is 2.15. The molecule has 2 rings (SSSR count). The second-order valence-corrected chi connectivity index (χ2v) is 6.00. The third-order valence-corrected chi connectivity index (χ3v) is 4.50. The van der Waals surface area contributed by atoms with E-state index in [1.54, 1.807) is 11.8 Å². The zero-order chi connectivity index (χ0) is 15.4. The quantitative estimate of drug-likeness (QED) is 0.851. The number of halogens is 1. The summed E-state index contributed by atoms with van der Waals surface area (Å²) < 4.78 is 0. The smallest absolute Gasteiger partial charge is 0.307 e. The van der Waals surface area contributed by atoms with E-state index in [2.05, 4.69) is 9.97 Å². The Hall–Kier alpha value is -1.59. The lowest BCUT2D eigenvalue weighted by molar-refractivity contribution is -0.136. The van der Waals surface area contributed by atoms with Crippen LogP contribution in [0.4, 0.5) is 0 Å². The van der Waals surface area contributed by atoms with Crippen molar-refractivity contribution in [2.75, 3.05) is 0 Å². The number of carboxylic acid groups (broad SMARTS) is 1. The summed E-state index contributed by atoms with van der Waals surface area (Å²) in [5, 5.41) is 9.60. The molecule has 0 aliphatic heterocycles. The number of rotatable bonds is 5. The Labute approximate surface area is 132 Å². The number of aliphatic carboxylic acids is 1. The molecule has 0 bridgehead atoms. The van der Waals surface area contributed by atoms with Gasteiger partial charge in [0.1, 0.15) is 5.82 Å². The molecular weight excluding hydrogens is 308 g/mol. The summed E-state index contributed by atoms with van der Waals surface area (Å²) in [5.74, 6) is 0.408. The van der Waals surface area contributed by atoms with E-state index < -0.39 is 5.97 Å². The number of hydrogen-bond donors (Lipinski definition) is 1. The van der Waals surface area contributed by atoms with Crippen molar-refractivity contribution in [3.63, 3.8) is 0 Å². The molecule has 0 atom stereocenters. The highest BCUT2D eigenvalue weighted by Gasteiger charge is 2.12. The van der Waals surface area contributed by atoms with Gasteiger partial charge in [0.05, 0.1) is 17.2 Å². The monoisotopic (exact) mass is 322 g/mol. The molecule has 21 heavy (non-hydrogen) atoms. The molecule has 0 radical (unpaired) electrons. The molecule has 0 aliphatic rings. The van der Waals surface area contributed by atoms with Crippen molar-refractivity contribution in [2.45, 2.75) is 30.9 Å². The number of benzene rings is 1. The van der Waals surface area contributed by atoms with Crippen LogP contribution in [0.1, 0.15) is 22.8 Å². The van der Waals surface area contributed by atoms with Crippen LogP contribution in [0.5, 0.6) is 0 Å². The molecule has 1 N–H and O–H groups in total. The van der Waals surface area contributed by atoms with Crippen LogP contribution >= 0.6 is 23.4 Å². The van der Waals surface area contributed by atoms with E-state index >= 15 is 0 Å². The van der Waals surface area contributed by atoms with Gasteiger partial charge in [0.2, 0.25) is 0 Å². The van der Waals surface area contributed by atoms with Crippen molar-refractivity contribution in [2.24, 2.45) is 0 Å². The molecule has 6 heteroatoms. The van der Waals surface area contributed by atoms with Gasteiger partial charge < -0.3 is 5.11 Å². The molecule has 4 nitrogen and oxygen atoms in total. The number of aromatic nitrogens is 2. The van der Waals surface area contributed by atoms with Crippen LogP contribution in [0.15, 0.2) is 29.2 Å². The number of aryl methyl sites for hydroxylation is 2. The molecule has 110 valence electrons. The molecule has 1 aromatic heterocycles. The number of carbonyl (C=O) groups is 1. The first-order valence-corrected chi connectivity index (χ1v) is 7.76. The second kappa shape index (κ2) is 6.91. The van der Waals surface area contributed by atoms with E-state index in [1.807, 2.05) is 38.1 Å². The first kappa shape index (κ1) is 15.8. The van der Waals surface area contributed by atoms with Gasteiger partial charge in [-0.25, -0.2) is 9.97 Å². The maximum Gasteiger partial charge on any atom is 0.307 e. The maximum atomic E-state index is 10.8. The van der Waals surface area contributed by atoms with Gasteiger partial charge in [-0.2, -0.15) is 0 Å². The minimum atomic E-state index is -0.872. The SMILES string of the molecule is Cc1nc(CSc2ccccc2Cl)nc(C)c1CC(=O)O. The van der Waals surface area contributed by atoms with E-state index in [0.29, 0.717) is 22.2 Å². The second-order valence-electron chi connectivity index (χ2n) is 4.58. The van der Waals surface area contributed by atoms with Crippen molar-refractivity contribution in [3.8, 4) is 0 Å². The minimum Gasteiger partial charge on any atom is -0.481 e. The zero-order valence-electron chi connectivity index (χ0n) is 11.8. The van der Waals surface area contributed by atoms with E-state index in [4.69, 9.17) is 16.7 Å². The van der Waals surface area contributed by atoms with Gasteiger partial charge >= 0.3 is 5.97 Å². The Morgan fingerprint density at radius 3 is 2.43 bits per heavy atom. The van der Waals surface area contributed by atoms with Gasteiger partial charge in [0.25, 0.3) is 0 Å². The Morgan fingerprint density at radius 1 is 1.24 bits per heavy atom. The van der Waals surface area contributed by atoms with Crippen LogP contribution < -0.4 is 0 Å². The average molecular weight is 323 g/mol. The summed E-state index contributed by atoms with van der Waals surface area (Å²) in [4.78, 5) is 20.6. The molecule has 1 heterocycles. The topological polar surface area (TPSA) is 63.1 Å². The van der Waals surface area contributed by atoms with Crippen molar-refractivity contribution in [1.82, 2.24) is 9.97 Å². The standard InChI is InChI=1S/C15H15ClN2O2S/c1-9-11(7-15(19)20)10(2)18-14(17-9)8-21-13-6-4-3-5-12(13)16/h3-6H,7-8H2,1-2H3,(H,19,20). The zero-order valence-corrected chi connectivity index (χ0v) is 13.3. The molecule has 0 spiro atoms. The van der Waals surface area contributed by atoms with Gasteiger partial charge in [-0.15, -0.1) is 11.8 Å². The first-order chi connectivity index (χ1) is 9.97. The number of carboxylic acids is 1. The Bertz CT molecular complexity index is 653. The van der Waals surface area contributed by atoms with E-state index in [1.165, 1.54) is 0 Å². The van der Waals surface area contributed by atoms with E-state index in [0.717, 1.165) is 16.3 Å². The van der Waals surface area contributed by atoms with Gasteiger partial charge in [0.15, 0.2) is 0 Å². The van der Waals surface area contributed by atoms with Gasteiger partial charge in [0, 0.05) is 21.8 Å². The molecular formula is C15H15ClN2O2S. The van der Waals surface area contributed by atoms with Crippen LogP contribution in [0.25, 0.3) is 0 Å². The number of thioether (sulfide) groups is 1. The fourth-order valence-corrected chi connectivity index (χ4v) is 3.08. The van der Waals surface area contributed by atoms with Crippen molar-refractivity contribution in [3.05, 3.63) is 52.1 Å². The summed E-state index contributed by atoms with van der Waals surface area (Å²) in [6.07, 6.45) is -0.0460. The number of hydrogen-bond acceptors (Lipinski definition) is 4. The van der Waals surface area contributed by atoms with Gasteiger partial charge in [-0.3, -0.25) is 4.79 Å². The molecule has 1 aromatic carbocycles. The van der Waals surface area contributed by atoms with Crippen LogP contribution in [-0.4, -0.2) is 21.0 Å². The fourth-order valence-electron chi connectivity index (χ4n) is 1.98. The predicted octanol–water partition coefficient (Wildman–Crippen LogP) is 3.67. The first-order valence-electron chi connectivity index (χ1n) is 6.39. The van der Waals surface area contributed by atoms with Crippen molar-refractivity contribution >= 4 is 29.3 Å². The molecule has 0 saturated carbocycles. The summed E-state index contributed by atoms with van der Waals surface area (Å²) >= 11 is 7.67. The molecule has 2 aromatic rings. The van der Waals surface area contributed by atoms with Gasteiger partial charge in [-0.05, 0) is 26.0 Å². The lowest BCUT2D eigenvalue weighted by Crippen LogP contribution is -2.09. The highest BCUT2D eigenvalue weighted by Crippen LogP contribution is 2.28. The third kappa shape index (κ3) is 4.19. The average Bonchev–Trinajstić information content (AvgIpc) is 2.42. The maximum absolute atomic E-state index is 10.8. The summed E-state index contributed by atoms with van der Waals surface area (Å²) in [5.41, 5.74) is 2.13. The van der Waals surface area contributed by atoms with Gasteiger partial charge in [-0.1, -0.05) is 23.7 Å². The van der Waals surface area contributed by atoms with Crippen LogP contribution in [0.3, 0.4) is 0 Å². The van der Waals surface area contributed by atoms with Crippen LogP contribution in [0.2, 0.25) is 5.02 Å². The van der Waals surface area contributed by atoms with E-state index in [9.17, 15) is 4.79 Å². The Morgan fingerprint density at radius 2 is 1.86 bits per heavy atom. The highest BCUT2D eigenvalue weighted by molar-refractivity contribution is 7.98. The summed E-state index contributed by atoms with van der Waals surface area (Å²) in [6.45, 7) is 3.63. The molecule has 0 aliphatic carbocycles. The molecule has 0 saturated heterocycles. The summed E-state index contributed by atoms with van der Waals surface area (Å²) in [6, 6.07) is 7.61. The normalized spacial score (nSPS) is 10.6.